The molecule has 0 unspecified atom stereocenters. The highest BCUT2D eigenvalue weighted by molar-refractivity contribution is 5.92. The molecule has 1 aliphatic carbocycles. The summed E-state index contributed by atoms with van der Waals surface area (Å²) < 4.78 is 0. The van der Waals surface area contributed by atoms with E-state index in [0.717, 1.165) is 30.2 Å². The van der Waals surface area contributed by atoms with Crippen molar-refractivity contribution in [3.8, 4) is 0 Å². The number of amides is 1. The first kappa shape index (κ1) is 14.2. The average molecular weight is 311 g/mol. The zero-order chi connectivity index (χ0) is 15.6. The Morgan fingerprint density at radius 1 is 1.30 bits per heavy atom. The molecular weight excluding hydrogens is 290 g/mol. The van der Waals surface area contributed by atoms with Crippen molar-refractivity contribution in [1.82, 2.24) is 20.5 Å². The molecule has 1 saturated heterocycles. The zero-order valence-electron chi connectivity index (χ0n) is 13.1. The first-order valence-corrected chi connectivity index (χ1v) is 8.33. The third-order valence-electron chi connectivity index (χ3n) is 4.54. The Labute approximate surface area is 135 Å². The van der Waals surface area contributed by atoms with Crippen molar-refractivity contribution in [3.05, 3.63) is 41.3 Å². The second-order valence-electron chi connectivity index (χ2n) is 6.38. The van der Waals surface area contributed by atoms with Gasteiger partial charge in [-0.25, -0.2) is 4.98 Å². The first-order valence-electron chi connectivity index (χ1n) is 8.33. The van der Waals surface area contributed by atoms with Gasteiger partial charge in [-0.1, -0.05) is 6.07 Å². The maximum atomic E-state index is 12.1. The number of aromatic amines is 1. The number of H-pyrrole nitrogens is 1. The predicted octanol–water partition coefficient (Wildman–Crippen LogP) is 2.21. The average Bonchev–Trinajstić information content (AvgIpc) is 3.10. The largest absolute Gasteiger partial charge is 0.357 e. The molecule has 23 heavy (non-hydrogen) atoms. The van der Waals surface area contributed by atoms with Crippen LogP contribution in [0.1, 0.15) is 53.3 Å². The highest BCUT2D eigenvalue weighted by atomic mass is 16.1. The second kappa shape index (κ2) is 6.02. The molecule has 2 fully saturated rings. The van der Waals surface area contributed by atoms with Crippen LogP contribution in [0.25, 0.3) is 0 Å². The van der Waals surface area contributed by atoms with Crippen LogP contribution in [0.4, 0.5) is 5.82 Å². The quantitative estimate of drug-likeness (QED) is 0.888. The van der Waals surface area contributed by atoms with Gasteiger partial charge < -0.3 is 10.2 Å². The lowest BCUT2D eigenvalue weighted by Crippen LogP contribution is -2.23. The first-order chi connectivity index (χ1) is 11.3. The molecule has 0 atom stereocenters. The van der Waals surface area contributed by atoms with E-state index in [4.69, 9.17) is 0 Å². The van der Waals surface area contributed by atoms with Crippen molar-refractivity contribution >= 4 is 11.7 Å². The Balaban J connectivity index is 1.33. The van der Waals surface area contributed by atoms with Gasteiger partial charge in [-0.05, 0) is 43.4 Å². The molecule has 2 aliphatic rings. The number of carbonyl (C=O) groups excluding carboxylic acids is 1. The number of rotatable bonds is 5. The van der Waals surface area contributed by atoms with Gasteiger partial charge in [-0.3, -0.25) is 9.89 Å². The van der Waals surface area contributed by atoms with Crippen molar-refractivity contribution in [2.75, 3.05) is 18.0 Å². The summed E-state index contributed by atoms with van der Waals surface area (Å²) in [6.45, 7) is 2.65. The number of hydrogen-bond acceptors (Lipinski definition) is 4. The maximum absolute atomic E-state index is 12.1. The molecule has 0 aromatic carbocycles. The van der Waals surface area contributed by atoms with E-state index in [1.165, 1.54) is 25.7 Å². The lowest BCUT2D eigenvalue weighted by atomic mass is 10.2. The van der Waals surface area contributed by atoms with E-state index < -0.39 is 0 Å². The molecule has 4 rings (SSSR count). The van der Waals surface area contributed by atoms with E-state index in [2.05, 4.69) is 25.4 Å². The van der Waals surface area contributed by atoms with E-state index in [1.807, 2.05) is 24.4 Å². The van der Waals surface area contributed by atoms with Gasteiger partial charge in [0.05, 0.1) is 0 Å². The Hall–Kier alpha value is -2.37. The number of nitrogens with one attached hydrogen (secondary N) is 2. The van der Waals surface area contributed by atoms with Gasteiger partial charge >= 0.3 is 0 Å². The monoisotopic (exact) mass is 311 g/mol. The zero-order valence-corrected chi connectivity index (χ0v) is 13.1. The molecule has 2 N–H and O–H groups in total. The molecule has 3 heterocycles. The minimum atomic E-state index is -0.142. The third-order valence-corrected chi connectivity index (χ3v) is 4.54. The summed E-state index contributed by atoms with van der Waals surface area (Å²) in [5.74, 6) is 1.46. The van der Waals surface area contributed by atoms with Crippen molar-refractivity contribution in [2.45, 2.75) is 38.1 Å². The van der Waals surface area contributed by atoms with E-state index in [9.17, 15) is 4.79 Å². The van der Waals surface area contributed by atoms with Crippen LogP contribution in [0.5, 0.6) is 0 Å². The Morgan fingerprint density at radius 3 is 2.83 bits per heavy atom. The Bertz CT molecular complexity index is 683. The van der Waals surface area contributed by atoms with Gasteiger partial charge in [-0.2, -0.15) is 5.10 Å². The number of aromatic nitrogens is 3. The summed E-state index contributed by atoms with van der Waals surface area (Å²) >= 11 is 0. The number of carbonyl (C=O) groups is 1. The molecule has 1 aliphatic heterocycles. The molecule has 1 amide bonds. The van der Waals surface area contributed by atoms with Crippen LogP contribution in [-0.2, 0) is 6.54 Å². The van der Waals surface area contributed by atoms with Crippen LogP contribution < -0.4 is 10.2 Å². The van der Waals surface area contributed by atoms with E-state index in [1.54, 1.807) is 0 Å². The highest BCUT2D eigenvalue weighted by Gasteiger charge is 2.26. The van der Waals surface area contributed by atoms with Gasteiger partial charge in [0.1, 0.15) is 11.5 Å². The SMILES string of the molecule is O=C(NCc1ccc(N2CCCC2)nc1)c1cc(C2CC2)[nH]n1. The van der Waals surface area contributed by atoms with Crippen LogP contribution >= 0.6 is 0 Å². The van der Waals surface area contributed by atoms with E-state index >= 15 is 0 Å². The fraction of sp³-hybridized carbons (Fsp3) is 0.471. The van der Waals surface area contributed by atoms with E-state index in [-0.39, 0.29) is 5.91 Å². The molecule has 120 valence electrons. The summed E-state index contributed by atoms with van der Waals surface area (Å²) in [5.41, 5.74) is 2.54. The molecule has 1 saturated carbocycles. The topological polar surface area (TPSA) is 73.9 Å². The van der Waals surface area contributed by atoms with Gasteiger partial charge in [0.2, 0.25) is 0 Å². The standard InChI is InChI=1S/C17H21N5O/c23-17(15-9-14(20-21-15)13-4-5-13)19-11-12-3-6-16(18-10-12)22-7-1-2-8-22/h3,6,9-10,13H,1-2,4-5,7-8,11H2,(H,19,23)(H,20,21). The summed E-state index contributed by atoms with van der Waals surface area (Å²) in [5, 5.41) is 9.96. The van der Waals surface area contributed by atoms with Crippen molar-refractivity contribution in [2.24, 2.45) is 0 Å². The highest BCUT2D eigenvalue weighted by Crippen LogP contribution is 2.38. The van der Waals surface area contributed by atoms with Crippen LogP contribution in [0, 0.1) is 0 Å². The fourth-order valence-corrected chi connectivity index (χ4v) is 2.98. The number of anilines is 1. The smallest absolute Gasteiger partial charge is 0.272 e. The molecule has 0 spiro atoms. The predicted molar refractivity (Wildman–Crippen MR) is 87.4 cm³/mol. The van der Waals surface area contributed by atoms with E-state index in [0.29, 0.717) is 18.2 Å². The number of pyridine rings is 1. The lowest BCUT2D eigenvalue weighted by molar-refractivity contribution is 0.0946. The fourth-order valence-electron chi connectivity index (χ4n) is 2.98. The molecule has 0 radical (unpaired) electrons. The van der Waals surface area contributed by atoms with Crippen LogP contribution in [0.15, 0.2) is 24.4 Å². The molecular formula is C17H21N5O. The van der Waals surface area contributed by atoms with Crippen molar-refractivity contribution in [1.29, 1.82) is 0 Å². The molecule has 2 aromatic rings. The molecule has 6 nitrogen and oxygen atoms in total. The molecule has 0 bridgehead atoms. The summed E-state index contributed by atoms with van der Waals surface area (Å²) in [4.78, 5) is 18.9. The summed E-state index contributed by atoms with van der Waals surface area (Å²) in [6.07, 6.45) is 6.71. The lowest BCUT2D eigenvalue weighted by Gasteiger charge is -2.16. The van der Waals surface area contributed by atoms with Gasteiger partial charge in [0, 0.05) is 37.4 Å². The normalized spacial score (nSPS) is 17.5. The number of hydrogen-bond donors (Lipinski definition) is 2. The Morgan fingerprint density at radius 2 is 2.13 bits per heavy atom. The van der Waals surface area contributed by atoms with Crippen molar-refractivity contribution < 1.29 is 4.79 Å². The summed E-state index contributed by atoms with van der Waals surface area (Å²) in [6, 6.07) is 5.93. The number of nitrogens with zero attached hydrogens (tertiary/aromatic N) is 3. The van der Waals surface area contributed by atoms with Gasteiger partial charge in [0.15, 0.2) is 0 Å². The second-order valence-corrected chi connectivity index (χ2v) is 6.38. The van der Waals surface area contributed by atoms with Gasteiger partial charge in [-0.15, -0.1) is 0 Å². The minimum absolute atomic E-state index is 0.142. The van der Waals surface area contributed by atoms with Crippen LogP contribution in [-0.4, -0.2) is 34.2 Å². The third kappa shape index (κ3) is 3.21. The van der Waals surface area contributed by atoms with Crippen LogP contribution in [0.3, 0.4) is 0 Å². The molecule has 2 aromatic heterocycles. The van der Waals surface area contributed by atoms with Crippen LogP contribution in [0.2, 0.25) is 0 Å². The summed E-state index contributed by atoms with van der Waals surface area (Å²) in [7, 11) is 0. The molecule has 6 heteroatoms. The Kier molecular flexibility index (Phi) is 3.73. The van der Waals surface area contributed by atoms with Crippen molar-refractivity contribution in [3.63, 3.8) is 0 Å². The maximum Gasteiger partial charge on any atom is 0.272 e. The minimum Gasteiger partial charge on any atom is -0.357 e. The van der Waals surface area contributed by atoms with Gasteiger partial charge in [0.25, 0.3) is 5.91 Å².